The first-order valence-corrected chi connectivity index (χ1v) is 3.89. The van der Waals surface area contributed by atoms with Gasteiger partial charge in [-0.05, 0) is 7.05 Å². The summed E-state index contributed by atoms with van der Waals surface area (Å²) in [7, 11) is 1.81. The molecule has 0 aromatic heterocycles. The topological polar surface area (TPSA) is 43.8 Å². The molecule has 1 aliphatic rings. The molecule has 12 heavy (non-hydrogen) atoms. The minimum absolute atomic E-state index is 0.269. The van der Waals surface area contributed by atoms with Gasteiger partial charge < -0.3 is 10.0 Å². The maximum atomic E-state index is 12.3. The molecular formula is C7H13FN2O2. The van der Waals surface area contributed by atoms with Crippen LogP contribution in [0.2, 0.25) is 0 Å². The molecular weight excluding hydrogens is 163 g/mol. The van der Waals surface area contributed by atoms with Gasteiger partial charge in [0.2, 0.25) is 0 Å². The van der Waals surface area contributed by atoms with Gasteiger partial charge in [0.1, 0.15) is 6.67 Å². The predicted octanol–water partition coefficient (Wildman–Crippen LogP) is 0.250. The first kappa shape index (κ1) is 9.25. The predicted molar refractivity (Wildman–Crippen MR) is 42.0 cm³/mol. The van der Waals surface area contributed by atoms with Gasteiger partial charge in [0.15, 0.2) is 0 Å². The third kappa shape index (κ3) is 1.85. The molecule has 0 bridgehead atoms. The SMILES string of the molecule is CN1CCN(C(=O)O)C[C@H]1CF. The van der Waals surface area contributed by atoms with Crippen molar-refractivity contribution in [1.29, 1.82) is 0 Å². The highest BCUT2D eigenvalue weighted by Gasteiger charge is 2.26. The van der Waals surface area contributed by atoms with Gasteiger partial charge in [0, 0.05) is 19.6 Å². The highest BCUT2D eigenvalue weighted by molar-refractivity contribution is 5.65. The van der Waals surface area contributed by atoms with E-state index in [2.05, 4.69) is 0 Å². The molecule has 5 heteroatoms. The van der Waals surface area contributed by atoms with E-state index < -0.39 is 12.8 Å². The molecule has 1 amide bonds. The number of hydrogen-bond donors (Lipinski definition) is 1. The van der Waals surface area contributed by atoms with Gasteiger partial charge in [-0.2, -0.15) is 0 Å². The summed E-state index contributed by atoms with van der Waals surface area (Å²) in [5.74, 6) is 0. The van der Waals surface area contributed by atoms with Crippen LogP contribution in [-0.2, 0) is 0 Å². The molecule has 1 aliphatic heterocycles. The van der Waals surface area contributed by atoms with Crippen molar-refractivity contribution >= 4 is 6.09 Å². The van der Waals surface area contributed by atoms with E-state index in [0.717, 1.165) is 0 Å². The van der Waals surface area contributed by atoms with Crippen LogP contribution >= 0.6 is 0 Å². The van der Waals surface area contributed by atoms with Crippen molar-refractivity contribution in [2.75, 3.05) is 33.4 Å². The Hall–Kier alpha value is -0.840. The second-order valence-electron chi connectivity index (χ2n) is 3.02. The summed E-state index contributed by atoms with van der Waals surface area (Å²) in [4.78, 5) is 13.6. The smallest absolute Gasteiger partial charge is 0.407 e. The van der Waals surface area contributed by atoms with Crippen LogP contribution in [0.4, 0.5) is 9.18 Å². The highest BCUT2D eigenvalue weighted by atomic mass is 19.1. The molecule has 0 aliphatic carbocycles. The molecule has 1 N–H and O–H groups in total. The van der Waals surface area contributed by atoms with Gasteiger partial charge in [-0.25, -0.2) is 9.18 Å². The number of carbonyl (C=O) groups is 1. The van der Waals surface area contributed by atoms with Crippen molar-refractivity contribution in [3.63, 3.8) is 0 Å². The minimum Gasteiger partial charge on any atom is -0.465 e. The van der Waals surface area contributed by atoms with E-state index in [1.54, 1.807) is 0 Å². The van der Waals surface area contributed by atoms with Crippen molar-refractivity contribution < 1.29 is 14.3 Å². The molecule has 0 aromatic rings. The number of rotatable bonds is 1. The normalized spacial score (nSPS) is 25.8. The van der Waals surface area contributed by atoms with E-state index in [4.69, 9.17) is 5.11 Å². The monoisotopic (exact) mass is 176 g/mol. The Kier molecular flexibility index (Phi) is 2.86. The van der Waals surface area contributed by atoms with Crippen LogP contribution in [0, 0.1) is 0 Å². The molecule has 0 unspecified atom stereocenters. The molecule has 1 heterocycles. The van der Waals surface area contributed by atoms with Gasteiger partial charge >= 0.3 is 6.09 Å². The Morgan fingerprint density at radius 2 is 2.33 bits per heavy atom. The average Bonchev–Trinajstić information content (AvgIpc) is 2.05. The Morgan fingerprint density at radius 1 is 1.67 bits per heavy atom. The molecule has 0 spiro atoms. The summed E-state index contributed by atoms with van der Waals surface area (Å²) in [5, 5.41) is 8.62. The number of halogens is 1. The van der Waals surface area contributed by atoms with Crippen molar-refractivity contribution in [2.45, 2.75) is 6.04 Å². The van der Waals surface area contributed by atoms with Crippen molar-refractivity contribution in [3.05, 3.63) is 0 Å². The highest BCUT2D eigenvalue weighted by Crippen LogP contribution is 2.07. The van der Waals surface area contributed by atoms with Crippen LogP contribution in [0.15, 0.2) is 0 Å². The third-order valence-corrected chi connectivity index (χ3v) is 2.23. The van der Waals surface area contributed by atoms with Crippen LogP contribution in [0.25, 0.3) is 0 Å². The first-order valence-electron chi connectivity index (χ1n) is 3.89. The van der Waals surface area contributed by atoms with Crippen LogP contribution in [0.1, 0.15) is 0 Å². The third-order valence-electron chi connectivity index (χ3n) is 2.23. The number of amides is 1. The summed E-state index contributed by atoms with van der Waals surface area (Å²) < 4.78 is 12.3. The number of alkyl halides is 1. The molecule has 0 radical (unpaired) electrons. The number of carboxylic acid groups (broad SMARTS) is 1. The summed E-state index contributed by atoms with van der Waals surface area (Å²) in [6.07, 6.45) is -0.957. The van der Waals surface area contributed by atoms with Crippen molar-refractivity contribution in [3.8, 4) is 0 Å². The van der Waals surface area contributed by atoms with Gasteiger partial charge in [-0.3, -0.25) is 4.90 Å². The Labute approximate surface area is 70.6 Å². The van der Waals surface area contributed by atoms with Gasteiger partial charge in [0.25, 0.3) is 0 Å². The zero-order chi connectivity index (χ0) is 9.14. The number of likely N-dealkylation sites (N-methyl/N-ethyl adjacent to an activating group) is 1. The lowest BCUT2D eigenvalue weighted by atomic mass is 10.2. The lowest BCUT2D eigenvalue weighted by Gasteiger charge is -2.36. The molecule has 1 fully saturated rings. The molecule has 1 saturated heterocycles. The number of piperazine rings is 1. The van der Waals surface area contributed by atoms with Gasteiger partial charge in [0.05, 0.1) is 6.04 Å². The fourth-order valence-corrected chi connectivity index (χ4v) is 1.29. The van der Waals surface area contributed by atoms with E-state index in [-0.39, 0.29) is 12.6 Å². The fraction of sp³-hybridized carbons (Fsp3) is 0.857. The van der Waals surface area contributed by atoms with Crippen LogP contribution in [0.5, 0.6) is 0 Å². The zero-order valence-electron chi connectivity index (χ0n) is 7.03. The van der Waals surface area contributed by atoms with E-state index in [1.807, 2.05) is 11.9 Å². The second-order valence-corrected chi connectivity index (χ2v) is 3.02. The Morgan fingerprint density at radius 3 is 2.83 bits per heavy atom. The summed E-state index contributed by atoms with van der Waals surface area (Å²) in [5.41, 5.74) is 0. The van der Waals surface area contributed by atoms with Crippen LogP contribution in [0.3, 0.4) is 0 Å². The van der Waals surface area contributed by atoms with Gasteiger partial charge in [-0.1, -0.05) is 0 Å². The second kappa shape index (κ2) is 3.71. The molecule has 1 rings (SSSR count). The lowest BCUT2D eigenvalue weighted by molar-refractivity contribution is 0.0731. The van der Waals surface area contributed by atoms with E-state index in [0.29, 0.717) is 13.1 Å². The number of hydrogen-bond acceptors (Lipinski definition) is 2. The van der Waals surface area contributed by atoms with Crippen molar-refractivity contribution in [1.82, 2.24) is 9.80 Å². The largest absolute Gasteiger partial charge is 0.465 e. The molecule has 0 saturated carbocycles. The first-order chi connectivity index (χ1) is 5.65. The number of nitrogens with zero attached hydrogens (tertiary/aromatic N) is 2. The minimum atomic E-state index is -0.957. The Balaban J connectivity index is 2.49. The maximum absolute atomic E-state index is 12.3. The summed E-state index contributed by atoms with van der Waals surface area (Å²) >= 11 is 0. The van der Waals surface area contributed by atoms with E-state index in [9.17, 15) is 9.18 Å². The van der Waals surface area contributed by atoms with Crippen molar-refractivity contribution in [2.24, 2.45) is 0 Å². The van der Waals surface area contributed by atoms with Crippen LogP contribution in [-0.4, -0.2) is 60.4 Å². The lowest BCUT2D eigenvalue weighted by Crippen LogP contribution is -2.53. The standard InChI is InChI=1S/C7H13FN2O2/c1-9-2-3-10(7(11)12)5-6(9)4-8/h6H,2-5H2,1H3,(H,11,12)/t6-/m1/s1. The zero-order valence-corrected chi connectivity index (χ0v) is 7.03. The van der Waals surface area contributed by atoms with Crippen LogP contribution < -0.4 is 0 Å². The molecule has 70 valence electrons. The van der Waals surface area contributed by atoms with E-state index >= 15 is 0 Å². The molecule has 4 nitrogen and oxygen atoms in total. The van der Waals surface area contributed by atoms with E-state index in [1.165, 1.54) is 4.90 Å². The quantitative estimate of drug-likeness (QED) is 0.622. The molecule has 1 atom stereocenters. The fourth-order valence-electron chi connectivity index (χ4n) is 1.29. The summed E-state index contributed by atoms with van der Waals surface area (Å²) in [6, 6.07) is -0.269. The Bertz CT molecular complexity index is 177. The average molecular weight is 176 g/mol. The maximum Gasteiger partial charge on any atom is 0.407 e. The van der Waals surface area contributed by atoms with Gasteiger partial charge in [-0.15, -0.1) is 0 Å². The molecule has 0 aromatic carbocycles. The summed E-state index contributed by atoms with van der Waals surface area (Å²) in [6.45, 7) is 0.881.